The molecule has 0 aliphatic rings. The van der Waals surface area contributed by atoms with Crippen LogP contribution >= 0.6 is 0 Å². The van der Waals surface area contributed by atoms with Crippen molar-refractivity contribution in [1.82, 2.24) is 5.32 Å². The molecule has 3 heteroatoms. The van der Waals surface area contributed by atoms with Gasteiger partial charge in [0.05, 0.1) is 7.11 Å². The molecule has 1 N–H and O–H groups in total. The molecule has 1 unspecified atom stereocenters. The summed E-state index contributed by atoms with van der Waals surface area (Å²) in [5.41, 5.74) is 1.01. The van der Waals surface area contributed by atoms with Crippen molar-refractivity contribution < 1.29 is 9.13 Å². The van der Waals surface area contributed by atoms with Gasteiger partial charge in [0, 0.05) is 6.04 Å². The Morgan fingerprint density at radius 3 is 2.50 bits per heavy atom. The zero-order valence-electron chi connectivity index (χ0n) is 13.0. The Kier molecular flexibility index (Phi) is 8.28. The molecule has 0 saturated carbocycles. The van der Waals surface area contributed by atoms with E-state index in [9.17, 15) is 4.39 Å². The minimum atomic E-state index is -0.279. The van der Waals surface area contributed by atoms with E-state index in [2.05, 4.69) is 19.2 Å². The second kappa shape index (κ2) is 9.76. The molecule has 114 valence electrons. The molecule has 0 aliphatic carbocycles. The lowest BCUT2D eigenvalue weighted by molar-refractivity contribution is 0.385. The van der Waals surface area contributed by atoms with Gasteiger partial charge in [-0.3, -0.25) is 0 Å². The molecule has 0 radical (unpaired) electrons. The average molecular weight is 281 g/mol. The van der Waals surface area contributed by atoms with E-state index in [-0.39, 0.29) is 11.9 Å². The summed E-state index contributed by atoms with van der Waals surface area (Å²) in [6.45, 7) is 5.21. The largest absolute Gasteiger partial charge is 0.494 e. The number of rotatable bonds is 10. The van der Waals surface area contributed by atoms with Gasteiger partial charge in [-0.1, -0.05) is 52.0 Å². The summed E-state index contributed by atoms with van der Waals surface area (Å²) in [5, 5.41) is 3.45. The summed E-state index contributed by atoms with van der Waals surface area (Å²) in [7, 11) is 1.49. The standard InChI is InChI=1S/C17H28FNO/c1-4-6-7-8-9-10-16(19-5-2)14-11-12-17(20-3)15(18)13-14/h11-13,16,19H,4-10H2,1-3H3. The van der Waals surface area contributed by atoms with Crippen LogP contribution in [0.3, 0.4) is 0 Å². The third-order valence-electron chi connectivity index (χ3n) is 3.63. The van der Waals surface area contributed by atoms with Crippen LogP contribution < -0.4 is 10.1 Å². The van der Waals surface area contributed by atoms with E-state index >= 15 is 0 Å². The molecular weight excluding hydrogens is 253 g/mol. The predicted octanol–water partition coefficient (Wildman–Crippen LogP) is 4.85. The van der Waals surface area contributed by atoms with Gasteiger partial charge in [0.1, 0.15) is 0 Å². The van der Waals surface area contributed by atoms with Gasteiger partial charge in [-0.2, -0.15) is 0 Å². The van der Waals surface area contributed by atoms with Crippen LogP contribution in [0, 0.1) is 5.82 Å². The first-order valence-corrected chi connectivity index (χ1v) is 7.79. The molecule has 0 aromatic heterocycles. The normalized spacial score (nSPS) is 12.4. The Morgan fingerprint density at radius 2 is 1.90 bits per heavy atom. The minimum Gasteiger partial charge on any atom is -0.494 e. The van der Waals surface area contributed by atoms with Crippen molar-refractivity contribution in [2.24, 2.45) is 0 Å². The van der Waals surface area contributed by atoms with Crippen molar-refractivity contribution in [2.45, 2.75) is 58.4 Å². The fourth-order valence-electron chi connectivity index (χ4n) is 2.48. The summed E-state index contributed by atoms with van der Waals surface area (Å²) in [4.78, 5) is 0. The summed E-state index contributed by atoms with van der Waals surface area (Å²) < 4.78 is 18.8. The highest BCUT2D eigenvalue weighted by atomic mass is 19.1. The van der Waals surface area contributed by atoms with Gasteiger partial charge >= 0.3 is 0 Å². The molecule has 0 heterocycles. The zero-order chi connectivity index (χ0) is 14.8. The van der Waals surface area contributed by atoms with Gasteiger partial charge in [-0.15, -0.1) is 0 Å². The van der Waals surface area contributed by atoms with Gasteiger partial charge in [-0.25, -0.2) is 4.39 Å². The summed E-state index contributed by atoms with van der Waals surface area (Å²) in [6, 6.07) is 5.51. The second-order valence-electron chi connectivity index (χ2n) is 5.21. The van der Waals surface area contributed by atoms with Crippen molar-refractivity contribution in [3.63, 3.8) is 0 Å². The van der Waals surface area contributed by atoms with Crippen LogP contribution in [0.5, 0.6) is 5.75 Å². The molecule has 0 fully saturated rings. The number of benzene rings is 1. The first-order valence-electron chi connectivity index (χ1n) is 7.79. The number of hydrogen-bond acceptors (Lipinski definition) is 2. The van der Waals surface area contributed by atoms with Gasteiger partial charge in [0.25, 0.3) is 0 Å². The number of methoxy groups -OCH3 is 1. The highest BCUT2D eigenvalue weighted by molar-refractivity contribution is 5.31. The highest BCUT2D eigenvalue weighted by Crippen LogP contribution is 2.25. The Hall–Kier alpha value is -1.09. The Morgan fingerprint density at radius 1 is 1.15 bits per heavy atom. The van der Waals surface area contributed by atoms with Gasteiger partial charge < -0.3 is 10.1 Å². The molecule has 0 amide bonds. The van der Waals surface area contributed by atoms with E-state index < -0.39 is 0 Å². The van der Waals surface area contributed by atoms with Crippen molar-refractivity contribution in [2.75, 3.05) is 13.7 Å². The van der Waals surface area contributed by atoms with Crippen LogP contribution in [0.2, 0.25) is 0 Å². The van der Waals surface area contributed by atoms with Gasteiger partial charge in [-0.05, 0) is 30.7 Å². The minimum absolute atomic E-state index is 0.238. The maximum absolute atomic E-state index is 13.8. The van der Waals surface area contributed by atoms with Crippen LogP contribution in [0.4, 0.5) is 4.39 Å². The molecule has 20 heavy (non-hydrogen) atoms. The first-order chi connectivity index (χ1) is 9.72. The van der Waals surface area contributed by atoms with Crippen molar-refractivity contribution in [3.8, 4) is 5.75 Å². The predicted molar refractivity (Wildman–Crippen MR) is 82.7 cm³/mol. The van der Waals surface area contributed by atoms with E-state index in [1.165, 1.54) is 39.2 Å². The van der Waals surface area contributed by atoms with E-state index in [1.807, 2.05) is 6.07 Å². The van der Waals surface area contributed by atoms with E-state index in [1.54, 1.807) is 12.1 Å². The van der Waals surface area contributed by atoms with E-state index in [0.717, 1.165) is 18.5 Å². The molecule has 1 atom stereocenters. The van der Waals surface area contributed by atoms with Crippen molar-refractivity contribution in [3.05, 3.63) is 29.6 Å². The average Bonchev–Trinajstić information content (AvgIpc) is 2.46. The molecule has 0 bridgehead atoms. The molecule has 1 aromatic rings. The molecule has 2 nitrogen and oxygen atoms in total. The topological polar surface area (TPSA) is 21.3 Å². The third kappa shape index (κ3) is 5.49. The molecule has 1 aromatic carbocycles. The fourth-order valence-corrected chi connectivity index (χ4v) is 2.48. The maximum Gasteiger partial charge on any atom is 0.165 e. The van der Waals surface area contributed by atoms with Crippen LogP contribution in [0.25, 0.3) is 0 Å². The lowest BCUT2D eigenvalue weighted by Crippen LogP contribution is -2.21. The molecule has 0 spiro atoms. The lowest BCUT2D eigenvalue weighted by atomic mass is 9.99. The Balaban J connectivity index is 2.58. The monoisotopic (exact) mass is 281 g/mol. The number of hydrogen-bond donors (Lipinski definition) is 1. The smallest absolute Gasteiger partial charge is 0.165 e. The zero-order valence-corrected chi connectivity index (χ0v) is 13.0. The van der Waals surface area contributed by atoms with E-state index in [0.29, 0.717) is 5.75 Å². The van der Waals surface area contributed by atoms with Crippen LogP contribution in [0.15, 0.2) is 18.2 Å². The molecular formula is C17H28FNO. The quantitative estimate of drug-likeness (QED) is 0.619. The fraction of sp³-hybridized carbons (Fsp3) is 0.647. The second-order valence-corrected chi connectivity index (χ2v) is 5.21. The third-order valence-corrected chi connectivity index (χ3v) is 3.63. The van der Waals surface area contributed by atoms with Crippen LogP contribution in [-0.2, 0) is 0 Å². The van der Waals surface area contributed by atoms with Crippen molar-refractivity contribution in [1.29, 1.82) is 0 Å². The number of nitrogens with one attached hydrogen (secondary N) is 1. The Labute approximate surface area is 122 Å². The van der Waals surface area contributed by atoms with Crippen LogP contribution in [-0.4, -0.2) is 13.7 Å². The van der Waals surface area contributed by atoms with E-state index in [4.69, 9.17) is 4.74 Å². The van der Waals surface area contributed by atoms with Gasteiger partial charge in [0.2, 0.25) is 0 Å². The summed E-state index contributed by atoms with van der Waals surface area (Å²) in [5.74, 6) is 0.0332. The highest BCUT2D eigenvalue weighted by Gasteiger charge is 2.12. The number of ether oxygens (including phenoxy) is 1. The summed E-state index contributed by atoms with van der Waals surface area (Å²) in [6.07, 6.45) is 7.37. The Bertz CT molecular complexity index is 381. The maximum atomic E-state index is 13.8. The molecule has 0 saturated heterocycles. The van der Waals surface area contributed by atoms with Crippen molar-refractivity contribution >= 4 is 0 Å². The SMILES string of the molecule is CCCCCCCC(NCC)c1ccc(OC)c(F)c1. The molecule has 1 rings (SSSR count). The molecule has 0 aliphatic heterocycles. The lowest BCUT2D eigenvalue weighted by Gasteiger charge is -2.19. The van der Waals surface area contributed by atoms with Crippen LogP contribution in [0.1, 0.15) is 64.0 Å². The number of halogens is 1. The van der Waals surface area contributed by atoms with Gasteiger partial charge in [0.15, 0.2) is 11.6 Å². The summed E-state index contributed by atoms with van der Waals surface area (Å²) >= 11 is 0. The number of unbranched alkanes of at least 4 members (excludes halogenated alkanes) is 4. The first kappa shape index (κ1) is 17.0.